The molecule has 0 heterocycles. The molecule has 2 aliphatic rings. The lowest BCUT2D eigenvalue weighted by Crippen LogP contribution is -2.62. The molecule has 0 aromatic carbocycles. The monoisotopic (exact) mass is 240 g/mol. The molecular weight excluding hydrogens is 220 g/mol. The average molecular weight is 240 g/mol. The number of carbonyl (C=O) groups is 2. The number of nitrogens with one attached hydrogen (secondary N) is 1. The van der Waals surface area contributed by atoms with Crippen molar-refractivity contribution in [3.05, 3.63) is 0 Å². The molecule has 0 saturated heterocycles. The highest BCUT2D eigenvalue weighted by Gasteiger charge is 2.46. The predicted octanol–water partition coefficient (Wildman–Crippen LogP) is 1.43. The third kappa shape index (κ3) is 2.23. The maximum absolute atomic E-state index is 12.0. The van der Waals surface area contributed by atoms with Crippen molar-refractivity contribution in [1.82, 2.24) is 10.2 Å². The summed E-state index contributed by atoms with van der Waals surface area (Å²) in [6.45, 7) is 2.02. The van der Waals surface area contributed by atoms with E-state index in [0.717, 1.165) is 6.42 Å². The standard InChI is InChI=1S/C12H20N2O3/c1-8(9-4-5-9)14(2)11(17)13-12(10(15)16)6-3-7-12/h8-9H,3-7H2,1-2H3,(H,13,17)(H,15,16). The van der Waals surface area contributed by atoms with Crippen LogP contribution in [0.25, 0.3) is 0 Å². The van der Waals surface area contributed by atoms with Crippen molar-refractivity contribution in [2.24, 2.45) is 5.92 Å². The maximum Gasteiger partial charge on any atom is 0.329 e. The fourth-order valence-corrected chi connectivity index (χ4v) is 2.30. The van der Waals surface area contributed by atoms with Gasteiger partial charge in [-0.05, 0) is 44.9 Å². The molecule has 2 saturated carbocycles. The number of nitrogens with zero attached hydrogens (tertiary/aromatic N) is 1. The van der Waals surface area contributed by atoms with Crippen LogP contribution in [-0.4, -0.2) is 40.6 Å². The zero-order valence-corrected chi connectivity index (χ0v) is 10.4. The third-order valence-electron chi connectivity index (χ3n) is 4.20. The number of carboxylic acids is 1. The van der Waals surface area contributed by atoms with E-state index in [1.807, 2.05) is 6.92 Å². The Morgan fingerprint density at radius 2 is 2.00 bits per heavy atom. The number of rotatable bonds is 4. The molecule has 5 nitrogen and oxygen atoms in total. The van der Waals surface area contributed by atoms with Crippen LogP contribution in [0.1, 0.15) is 39.0 Å². The van der Waals surface area contributed by atoms with Crippen molar-refractivity contribution in [1.29, 1.82) is 0 Å². The minimum Gasteiger partial charge on any atom is -0.480 e. The third-order valence-corrected chi connectivity index (χ3v) is 4.20. The van der Waals surface area contributed by atoms with Crippen LogP contribution in [-0.2, 0) is 4.79 Å². The van der Waals surface area contributed by atoms with E-state index in [-0.39, 0.29) is 12.1 Å². The first-order valence-electron chi connectivity index (χ1n) is 6.25. The second kappa shape index (κ2) is 4.20. The van der Waals surface area contributed by atoms with Crippen LogP contribution in [0.15, 0.2) is 0 Å². The van der Waals surface area contributed by atoms with Crippen LogP contribution in [0.2, 0.25) is 0 Å². The Bertz CT molecular complexity index is 335. The molecule has 2 N–H and O–H groups in total. The van der Waals surface area contributed by atoms with Crippen LogP contribution in [0.3, 0.4) is 0 Å². The van der Waals surface area contributed by atoms with E-state index in [9.17, 15) is 9.59 Å². The molecule has 2 rings (SSSR count). The highest BCUT2D eigenvalue weighted by Crippen LogP contribution is 2.35. The molecule has 5 heteroatoms. The molecule has 2 fully saturated rings. The van der Waals surface area contributed by atoms with E-state index < -0.39 is 11.5 Å². The SMILES string of the molecule is CC(C1CC1)N(C)C(=O)NC1(C(=O)O)CCC1. The number of carbonyl (C=O) groups excluding carboxylic acids is 1. The first-order valence-corrected chi connectivity index (χ1v) is 6.25. The zero-order chi connectivity index (χ0) is 12.6. The molecule has 96 valence electrons. The number of carboxylic acid groups (broad SMARTS) is 1. The van der Waals surface area contributed by atoms with Crippen LogP contribution >= 0.6 is 0 Å². The molecule has 2 aliphatic carbocycles. The average Bonchev–Trinajstić information content (AvgIpc) is 3.03. The van der Waals surface area contributed by atoms with Crippen molar-refractivity contribution in [2.75, 3.05) is 7.05 Å². The van der Waals surface area contributed by atoms with Gasteiger partial charge in [-0.1, -0.05) is 0 Å². The summed E-state index contributed by atoms with van der Waals surface area (Å²) in [5.41, 5.74) is -1.01. The van der Waals surface area contributed by atoms with Gasteiger partial charge < -0.3 is 15.3 Å². The molecule has 2 amide bonds. The van der Waals surface area contributed by atoms with Crippen molar-refractivity contribution < 1.29 is 14.7 Å². The van der Waals surface area contributed by atoms with Crippen molar-refractivity contribution >= 4 is 12.0 Å². The Hall–Kier alpha value is -1.26. The minimum atomic E-state index is -1.01. The van der Waals surface area contributed by atoms with Gasteiger partial charge >= 0.3 is 12.0 Å². The van der Waals surface area contributed by atoms with E-state index in [4.69, 9.17) is 5.11 Å². The number of urea groups is 1. The summed E-state index contributed by atoms with van der Waals surface area (Å²) >= 11 is 0. The van der Waals surface area contributed by atoms with Crippen LogP contribution < -0.4 is 5.32 Å². The first-order chi connectivity index (χ1) is 7.96. The first kappa shape index (κ1) is 12.2. The van der Waals surface area contributed by atoms with Gasteiger partial charge in [0, 0.05) is 13.1 Å². The summed E-state index contributed by atoms with van der Waals surface area (Å²) in [4.78, 5) is 24.8. The largest absolute Gasteiger partial charge is 0.480 e. The Labute approximate surface area is 101 Å². The Kier molecular flexibility index (Phi) is 3.02. The summed E-state index contributed by atoms with van der Waals surface area (Å²) in [7, 11) is 1.74. The van der Waals surface area contributed by atoms with E-state index >= 15 is 0 Å². The van der Waals surface area contributed by atoms with Gasteiger partial charge in [0.1, 0.15) is 5.54 Å². The molecule has 0 radical (unpaired) electrons. The van der Waals surface area contributed by atoms with Crippen molar-refractivity contribution in [3.8, 4) is 0 Å². The van der Waals surface area contributed by atoms with Gasteiger partial charge in [-0.2, -0.15) is 0 Å². The van der Waals surface area contributed by atoms with Gasteiger partial charge in [0.25, 0.3) is 0 Å². The van der Waals surface area contributed by atoms with E-state index in [1.165, 1.54) is 12.8 Å². The lowest BCUT2D eigenvalue weighted by Gasteiger charge is -2.40. The quantitative estimate of drug-likeness (QED) is 0.781. The smallest absolute Gasteiger partial charge is 0.329 e. The molecule has 0 spiro atoms. The van der Waals surface area contributed by atoms with Gasteiger partial charge in [0.2, 0.25) is 0 Å². The van der Waals surface area contributed by atoms with Gasteiger partial charge in [-0.3, -0.25) is 0 Å². The molecule has 17 heavy (non-hydrogen) atoms. The fraction of sp³-hybridized carbons (Fsp3) is 0.833. The highest BCUT2D eigenvalue weighted by atomic mass is 16.4. The van der Waals surface area contributed by atoms with E-state index in [2.05, 4.69) is 5.32 Å². The Morgan fingerprint density at radius 1 is 1.41 bits per heavy atom. The van der Waals surface area contributed by atoms with Crippen LogP contribution in [0.5, 0.6) is 0 Å². The lowest BCUT2D eigenvalue weighted by molar-refractivity contribution is -0.148. The molecule has 0 aliphatic heterocycles. The van der Waals surface area contributed by atoms with Gasteiger partial charge in [0.15, 0.2) is 0 Å². The normalized spacial score (nSPS) is 23.4. The number of aliphatic carboxylic acids is 1. The molecular formula is C12H20N2O3. The molecule has 0 aromatic heterocycles. The second-order valence-electron chi connectivity index (χ2n) is 5.36. The highest BCUT2D eigenvalue weighted by molar-refractivity contribution is 5.87. The number of amides is 2. The predicted molar refractivity (Wildman–Crippen MR) is 62.7 cm³/mol. The minimum absolute atomic E-state index is 0.195. The fourth-order valence-electron chi connectivity index (χ4n) is 2.30. The van der Waals surface area contributed by atoms with Gasteiger partial charge in [0.05, 0.1) is 0 Å². The summed E-state index contributed by atoms with van der Waals surface area (Å²) in [6.07, 6.45) is 4.29. The Morgan fingerprint density at radius 3 is 2.35 bits per heavy atom. The van der Waals surface area contributed by atoms with Gasteiger partial charge in [-0.15, -0.1) is 0 Å². The number of hydrogen-bond acceptors (Lipinski definition) is 2. The summed E-state index contributed by atoms with van der Waals surface area (Å²) < 4.78 is 0. The summed E-state index contributed by atoms with van der Waals surface area (Å²) in [6, 6.07) is -0.0626. The van der Waals surface area contributed by atoms with E-state index in [1.54, 1.807) is 11.9 Å². The molecule has 1 atom stereocenters. The Balaban J connectivity index is 1.93. The molecule has 0 aromatic rings. The number of hydrogen-bond donors (Lipinski definition) is 2. The lowest BCUT2D eigenvalue weighted by atomic mass is 9.77. The second-order valence-corrected chi connectivity index (χ2v) is 5.36. The van der Waals surface area contributed by atoms with Gasteiger partial charge in [-0.25, -0.2) is 9.59 Å². The summed E-state index contributed by atoms with van der Waals surface area (Å²) in [5.74, 6) is -0.322. The van der Waals surface area contributed by atoms with Crippen molar-refractivity contribution in [2.45, 2.75) is 50.6 Å². The summed E-state index contributed by atoms with van der Waals surface area (Å²) in [5, 5.41) is 11.8. The van der Waals surface area contributed by atoms with Crippen LogP contribution in [0.4, 0.5) is 4.79 Å². The van der Waals surface area contributed by atoms with Crippen LogP contribution in [0, 0.1) is 5.92 Å². The zero-order valence-electron chi connectivity index (χ0n) is 10.4. The van der Waals surface area contributed by atoms with Crippen molar-refractivity contribution in [3.63, 3.8) is 0 Å². The molecule has 0 bridgehead atoms. The van der Waals surface area contributed by atoms with E-state index in [0.29, 0.717) is 18.8 Å². The topological polar surface area (TPSA) is 69.6 Å². The maximum atomic E-state index is 12.0. The molecule has 1 unspecified atom stereocenters.